The lowest BCUT2D eigenvalue weighted by atomic mass is 10.1. The van der Waals surface area contributed by atoms with Gasteiger partial charge in [-0.3, -0.25) is 0 Å². The number of methoxy groups -OCH3 is 1. The van der Waals surface area contributed by atoms with Crippen LogP contribution in [0.1, 0.15) is 18.4 Å². The highest BCUT2D eigenvalue weighted by Crippen LogP contribution is 2.32. The summed E-state index contributed by atoms with van der Waals surface area (Å²) in [7, 11) is 1.56. The number of rotatable bonds is 6. The Labute approximate surface area is 100 Å². The molecule has 0 aliphatic rings. The van der Waals surface area contributed by atoms with Crippen LogP contribution in [0, 0.1) is 5.82 Å². The number of aryl methyl sites for hydroxylation is 1. The third-order valence-electron chi connectivity index (χ3n) is 2.47. The smallest absolute Gasteiger partial charge is 0.143 e. The Morgan fingerprint density at radius 2 is 2.12 bits per heavy atom. The minimum Gasteiger partial charge on any atom is -0.495 e. The summed E-state index contributed by atoms with van der Waals surface area (Å²) in [5.74, 6) is 0.455. The second-order valence-corrected chi connectivity index (χ2v) is 4.34. The van der Waals surface area contributed by atoms with Crippen LogP contribution in [0.2, 0.25) is 0 Å². The van der Waals surface area contributed by atoms with Gasteiger partial charge in [-0.05, 0) is 43.7 Å². The average Bonchev–Trinajstić information content (AvgIpc) is 2.31. The molecule has 0 saturated heterocycles. The zero-order valence-corrected chi connectivity index (χ0v) is 10.6. The Hall–Kier alpha value is -0.740. The molecule has 0 saturated carbocycles. The molecule has 4 heteroatoms. The Kier molecular flexibility index (Phi) is 5.63. The standard InChI is InChI=1S/C12H18FNOS/c1-15-10-7-6-9(5-3-4-8-14)11(13)12(10)16-2/h6-7H,3-5,8,14H2,1-2H3. The van der Waals surface area contributed by atoms with E-state index >= 15 is 0 Å². The van der Waals surface area contributed by atoms with Gasteiger partial charge in [0.1, 0.15) is 11.6 Å². The first-order chi connectivity index (χ1) is 7.74. The van der Waals surface area contributed by atoms with Crippen molar-refractivity contribution >= 4 is 11.8 Å². The predicted molar refractivity (Wildman–Crippen MR) is 66.7 cm³/mol. The predicted octanol–water partition coefficient (Wildman–Crippen LogP) is 2.84. The Morgan fingerprint density at radius 3 is 2.69 bits per heavy atom. The maximum atomic E-state index is 14.0. The first kappa shape index (κ1) is 13.3. The minimum absolute atomic E-state index is 0.149. The van der Waals surface area contributed by atoms with E-state index in [0.717, 1.165) is 24.8 Å². The van der Waals surface area contributed by atoms with Crippen molar-refractivity contribution in [1.29, 1.82) is 0 Å². The second-order valence-electron chi connectivity index (χ2n) is 3.52. The van der Waals surface area contributed by atoms with Crippen LogP contribution in [0.15, 0.2) is 17.0 Å². The number of nitrogens with two attached hydrogens (primary N) is 1. The summed E-state index contributed by atoms with van der Waals surface area (Å²) in [5.41, 5.74) is 6.16. The molecule has 0 aliphatic heterocycles. The van der Waals surface area contributed by atoms with Crippen LogP contribution in [0.25, 0.3) is 0 Å². The summed E-state index contributed by atoms with van der Waals surface area (Å²) >= 11 is 1.38. The summed E-state index contributed by atoms with van der Waals surface area (Å²) in [5, 5.41) is 0. The molecule has 1 aromatic rings. The molecule has 0 amide bonds. The van der Waals surface area contributed by atoms with E-state index in [0.29, 0.717) is 17.2 Å². The number of unbranched alkanes of at least 4 members (excludes halogenated alkanes) is 1. The van der Waals surface area contributed by atoms with Gasteiger partial charge in [-0.1, -0.05) is 6.07 Å². The molecule has 0 radical (unpaired) electrons. The molecule has 0 aliphatic carbocycles. The number of hydrogen-bond donors (Lipinski definition) is 1. The number of ether oxygens (including phenoxy) is 1. The number of benzene rings is 1. The molecule has 0 spiro atoms. The molecule has 0 aromatic heterocycles. The van der Waals surface area contributed by atoms with Crippen molar-refractivity contribution in [3.8, 4) is 5.75 Å². The van der Waals surface area contributed by atoms with E-state index in [9.17, 15) is 4.39 Å². The lowest BCUT2D eigenvalue weighted by molar-refractivity contribution is 0.396. The van der Waals surface area contributed by atoms with Crippen LogP contribution in [0.4, 0.5) is 4.39 Å². The molecule has 2 N–H and O–H groups in total. The Morgan fingerprint density at radius 1 is 1.38 bits per heavy atom. The summed E-state index contributed by atoms with van der Waals surface area (Å²) < 4.78 is 19.1. The molecule has 0 fully saturated rings. The fourth-order valence-corrected chi connectivity index (χ4v) is 2.25. The topological polar surface area (TPSA) is 35.2 Å². The summed E-state index contributed by atoms with van der Waals surface area (Å²) in [6.45, 7) is 0.660. The summed E-state index contributed by atoms with van der Waals surface area (Å²) in [6, 6.07) is 3.62. The van der Waals surface area contributed by atoms with E-state index in [1.807, 2.05) is 12.3 Å². The SMILES string of the molecule is COc1ccc(CCCCN)c(F)c1SC. The first-order valence-corrected chi connectivity index (χ1v) is 6.56. The molecule has 90 valence electrons. The molecule has 16 heavy (non-hydrogen) atoms. The molecule has 1 rings (SSSR count). The van der Waals surface area contributed by atoms with Crippen molar-refractivity contribution in [2.75, 3.05) is 19.9 Å². The molecule has 0 heterocycles. The second kappa shape index (κ2) is 6.76. The van der Waals surface area contributed by atoms with Crippen molar-refractivity contribution in [3.05, 3.63) is 23.5 Å². The number of halogens is 1. The van der Waals surface area contributed by atoms with Gasteiger partial charge in [0, 0.05) is 0 Å². The van der Waals surface area contributed by atoms with E-state index in [-0.39, 0.29) is 5.82 Å². The zero-order valence-electron chi connectivity index (χ0n) is 9.75. The highest BCUT2D eigenvalue weighted by Gasteiger charge is 2.12. The summed E-state index contributed by atoms with van der Waals surface area (Å²) in [4.78, 5) is 0.591. The Balaban J connectivity index is 2.86. The monoisotopic (exact) mass is 243 g/mol. The molecular weight excluding hydrogens is 225 g/mol. The van der Waals surface area contributed by atoms with Crippen molar-refractivity contribution in [1.82, 2.24) is 0 Å². The van der Waals surface area contributed by atoms with Crippen molar-refractivity contribution < 1.29 is 9.13 Å². The van der Waals surface area contributed by atoms with Gasteiger partial charge in [-0.25, -0.2) is 4.39 Å². The molecule has 0 bridgehead atoms. The van der Waals surface area contributed by atoms with E-state index in [1.54, 1.807) is 13.2 Å². The molecule has 2 nitrogen and oxygen atoms in total. The lowest BCUT2D eigenvalue weighted by Crippen LogP contribution is -2.01. The number of thioether (sulfide) groups is 1. The third kappa shape index (κ3) is 3.12. The first-order valence-electron chi connectivity index (χ1n) is 5.34. The van der Waals surface area contributed by atoms with Gasteiger partial charge in [0.25, 0.3) is 0 Å². The maximum absolute atomic E-state index is 14.0. The van der Waals surface area contributed by atoms with Crippen LogP contribution < -0.4 is 10.5 Å². The van der Waals surface area contributed by atoms with E-state index in [2.05, 4.69) is 0 Å². The highest BCUT2D eigenvalue weighted by molar-refractivity contribution is 7.98. The van der Waals surface area contributed by atoms with Gasteiger partial charge in [0.15, 0.2) is 0 Å². The van der Waals surface area contributed by atoms with Crippen molar-refractivity contribution in [2.24, 2.45) is 5.73 Å². The summed E-state index contributed by atoms with van der Waals surface area (Å²) in [6.07, 6.45) is 4.44. The fourth-order valence-electron chi connectivity index (χ4n) is 1.58. The molecular formula is C12H18FNOS. The normalized spacial score (nSPS) is 10.5. The van der Waals surface area contributed by atoms with E-state index in [1.165, 1.54) is 11.8 Å². The zero-order chi connectivity index (χ0) is 12.0. The van der Waals surface area contributed by atoms with Gasteiger partial charge in [-0.2, -0.15) is 0 Å². The highest BCUT2D eigenvalue weighted by atomic mass is 32.2. The van der Waals surface area contributed by atoms with Gasteiger partial charge < -0.3 is 10.5 Å². The third-order valence-corrected chi connectivity index (χ3v) is 3.25. The largest absolute Gasteiger partial charge is 0.495 e. The van der Waals surface area contributed by atoms with Crippen molar-refractivity contribution in [3.63, 3.8) is 0 Å². The molecule has 0 unspecified atom stereocenters. The number of hydrogen-bond acceptors (Lipinski definition) is 3. The Bertz CT molecular complexity index is 344. The maximum Gasteiger partial charge on any atom is 0.143 e. The van der Waals surface area contributed by atoms with Gasteiger partial charge in [0.05, 0.1) is 12.0 Å². The minimum atomic E-state index is -0.149. The van der Waals surface area contributed by atoms with Crippen LogP contribution in [0.5, 0.6) is 5.75 Å². The molecule has 0 atom stereocenters. The van der Waals surface area contributed by atoms with Crippen LogP contribution in [-0.4, -0.2) is 19.9 Å². The van der Waals surface area contributed by atoms with Crippen LogP contribution in [0.3, 0.4) is 0 Å². The van der Waals surface area contributed by atoms with Crippen LogP contribution in [-0.2, 0) is 6.42 Å². The quantitative estimate of drug-likeness (QED) is 0.616. The van der Waals surface area contributed by atoms with Gasteiger partial charge in [0.2, 0.25) is 0 Å². The van der Waals surface area contributed by atoms with Crippen molar-refractivity contribution in [2.45, 2.75) is 24.2 Å². The van der Waals surface area contributed by atoms with Gasteiger partial charge >= 0.3 is 0 Å². The average molecular weight is 243 g/mol. The fraction of sp³-hybridized carbons (Fsp3) is 0.500. The van der Waals surface area contributed by atoms with E-state index < -0.39 is 0 Å². The lowest BCUT2D eigenvalue weighted by Gasteiger charge is -2.10. The van der Waals surface area contributed by atoms with Gasteiger partial charge in [-0.15, -0.1) is 11.8 Å². The van der Waals surface area contributed by atoms with E-state index in [4.69, 9.17) is 10.5 Å². The van der Waals surface area contributed by atoms with Crippen LogP contribution >= 0.6 is 11.8 Å². The molecule has 1 aromatic carbocycles.